The van der Waals surface area contributed by atoms with Crippen LogP contribution in [0.15, 0.2) is 75.3 Å². The van der Waals surface area contributed by atoms with Gasteiger partial charge in [-0.3, -0.25) is 14.2 Å². The van der Waals surface area contributed by atoms with E-state index >= 15 is 0 Å². The first-order chi connectivity index (χ1) is 23.7. The van der Waals surface area contributed by atoms with Crippen LogP contribution in [0.5, 0.6) is 0 Å². The third-order valence-electron chi connectivity index (χ3n) is 7.98. The monoisotopic (exact) mass is 694 g/mol. The van der Waals surface area contributed by atoms with Crippen molar-refractivity contribution in [3.05, 3.63) is 103 Å². The Hall–Kier alpha value is -4.68. The number of aliphatic hydroxyl groups excluding tert-OH is 2. The molecule has 0 bridgehead atoms. The topological polar surface area (TPSA) is 152 Å². The zero-order valence-electron chi connectivity index (χ0n) is 30.9. The Balaban J connectivity index is 0.000000674. The molecule has 1 aromatic carbocycles. The van der Waals surface area contributed by atoms with Crippen LogP contribution in [0, 0.1) is 0 Å². The van der Waals surface area contributed by atoms with Gasteiger partial charge in [0.25, 0.3) is 5.56 Å². The standard InChI is InChI=1S/C29H38N4O6.C7H10O2.C2H6/c1-7-31(5)15-16-38-23-9-8-10-26-24(18-23)27(35)33(29(37)32(26)6)22-13-11-21(12-14-22)17-25(30-20(4)34)28(36)39-19(2)3;1-5-6(8)3-2-4-7(5)9;1-2/h8-9,11-14,18-19,25H,7,10,15-17H2,1-6H3,(H,30,34);2-3,7-9H,4H2,1H3;1-2H3. The second-order valence-corrected chi connectivity index (χ2v) is 12.1. The van der Waals surface area contributed by atoms with Crippen LogP contribution < -0.4 is 16.6 Å². The number of nitrogens with zero attached hydrogens (tertiary/aromatic N) is 3. The summed E-state index contributed by atoms with van der Waals surface area (Å²) in [5.41, 5.74) is 1.90. The van der Waals surface area contributed by atoms with Crippen LogP contribution in [0.3, 0.4) is 0 Å². The summed E-state index contributed by atoms with van der Waals surface area (Å²) in [6.45, 7) is 14.7. The maximum absolute atomic E-state index is 13.6. The Labute approximate surface area is 295 Å². The van der Waals surface area contributed by atoms with E-state index in [0.29, 0.717) is 47.7 Å². The maximum atomic E-state index is 13.6. The molecule has 274 valence electrons. The second kappa shape index (κ2) is 20.1. The van der Waals surface area contributed by atoms with Crippen LogP contribution in [-0.4, -0.2) is 81.1 Å². The van der Waals surface area contributed by atoms with Gasteiger partial charge in [0.1, 0.15) is 24.2 Å². The van der Waals surface area contributed by atoms with E-state index in [0.717, 1.165) is 23.2 Å². The number of ether oxygens (including phenoxy) is 2. The molecule has 0 saturated heterocycles. The van der Waals surface area contributed by atoms with E-state index in [4.69, 9.17) is 19.7 Å². The van der Waals surface area contributed by atoms with E-state index < -0.39 is 29.4 Å². The lowest BCUT2D eigenvalue weighted by Crippen LogP contribution is -2.43. The normalized spacial score (nSPS) is 15.5. The highest BCUT2D eigenvalue weighted by Gasteiger charge is 2.23. The number of hydrogen-bond acceptors (Lipinski definition) is 9. The fourth-order valence-corrected chi connectivity index (χ4v) is 5.00. The Morgan fingerprint density at radius 3 is 2.32 bits per heavy atom. The smallest absolute Gasteiger partial charge is 0.335 e. The van der Waals surface area contributed by atoms with Gasteiger partial charge in [-0.2, -0.15) is 0 Å². The van der Waals surface area contributed by atoms with Crippen LogP contribution in [0.25, 0.3) is 11.8 Å². The summed E-state index contributed by atoms with van der Waals surface area (Å²) in [5.74, 6) is -0.109. The number of nitrogens with one attached hydrogen (secondary N) is 1. The highest BCUT2D eigenvalue weighted by atomic mass is 16.5. The van der Waals surface area contributed by atoms with Gasteiger partial charge in [0.2, 0.25) is 5.91 Å². The van der Waals surface area contributed by atoms with Crippen molar-refractivity contribution in [2.45, 2.75) is 86.0 Å². The summed E-state index contributed by atoms with van der Waals surface area (Å²) in [6, 6.07) is 5.90. The molecule has 2 unspecified atom stereocenters. The van der Waals surface area contributed by atoms with Gasteiger partial charge in [-0.05, 0) is 82.3 Å². The highest BCUT2D eigenvalue weighted by molar-refractivity contribution is 5.83. The van der Waals surface area contributed by atoms with Crippen LogP contribution in [-0.2, 0) is 39.0 Å². The van der Waals surface area contributed by atoms with Gasteiger partial charge in [-0.25, -0.2) is 14.2 Å². The molecule has 3 N–H and O–H groups in total. The zero-order valence-corrected chi connectivity index (χ0v) is 30.9. The van der Waals surface area contributed by atoms with Crippen LogP contribution in [0.2, 0.25) is 0 Å². The third kappa shape index (κ3) is 11.7. The first-order valence-corrected chi connectivity index (χ1v) is 17.1. The molecule has 0 saturated carbocycles. The molecule has 2 aliphatic carbocycles. The first kappa shape index (κ1) is 41.5. The molecule has 1 amide bonds. The molecule has 1 aromatic heterocycles. The minimum atomic E-state index is -0.855. The average Bonchev–Trinajstić information content (AvgIpc) is 3.30. The minimum Gasteiger partial charge on any atom is -0.508 e. The van der Waals surface area contributed by atoms with Gasteiger partial charge in [0.05, 0.1) is 23.5 Å². The van der Waals surface area contributed by atoms with Gasteiger partial charge in [-0.15, -0.1) is 0 Å². The predicted octanol–water partition coefficient (Wildman–Crippen LogP) is 4.12. The second-order valence-electron chi connectivity index (χ2n) is 12.1. The lowest BCUT2D eigenvalue weighted by Gasteiger charge is -2.19. The van der Waals surface area contributed by atoms with Crippen molar-refractivity contribution in [2.24, 2.45) is 7.05 Å². The van der Waals surface area contributed by atoms with E-state index in [2.05, 4.69) is 17.1 Å². The summed E-state index contributed by atoms with van der Waals surface area (Å²) < 4.78 is 13.8. The number of hydrogen-bond donors (Lipinski definition) is 3. The van der Waals surface area contributed by atoms with Crippen LogP contribution in [0.1, 0.15) is 71.7 Å². The van der Waals surface area contributed by atoms with Gasteiger partial charge < -0.3 is 29.9 Å². The predicted molar refractivity (Wildman–Crippen MR) is 196 cm³/mol. The number of aliphatic hydroxyl groups is 2. The summed E-state index contributed by atoms with van der Waals surface area (Å²) in [4.78, 5) is 53.1. The summed E-state index contributed by atoms with van der Waals surface area (Å²) in [5, 5.41) is 20.7. The third-order valence-corrected chi connectivity index (χ3v) is 7.98. The van der Waals surface area contributed by atoms with Crippen molar-refractivity contribution in [3.63, 3.8) is 0 Å². The number of aromatic nitrogens is 2. The van der Waals surface area contributed by atoms with Crippen LogP contribution >= 0.6 is 0 Å². The lowest BCUT2D eigenvalue weighted by molar-refractivity contribution is -0.151. The van der Waals surface area contributed by atoms with Gasteiger partial charge >= 0.3 is 11.7 Å². The number of fused-ring (bicyclic) bond motifs is 1. The lowest BCUT2D eigenvalue weighted by atomic mass is 10.0. The molecule has 50 heavy (non-hydrogen) atoms. The first-order valence-electron chi connectivity index (χ1n) is 17.1. The molecule has 1 heterocycles. The van der Waals surface area contributed by atoms with E-state index in [1.54, 1.807) is 70.3 Å². The number of allylic oxidation sites excluding steroid dienone is 3. The largest absolute Gasteiger partial charge is 0.508 e. The van der Waals surface area contributed by atoms with Crippen molar-refractivity contribution in [2.75, 3.05) is 26.7 Å². The molecule has 0 aliphatic heterocycles. The fourth-order valence-electron chi connectivity index (χ4n) is 5.00. The Morgan fingerprint density at radius 1 is 1.10 bits per heavy atom. The number of esters is 1. The molecule has 0 radical (unpaired) electrons. The van der Waals surface area contributed by atoms with Gasteiger partial charge in [0.15, 0.2) is 0 Å². The van der Waals surface area contributed by atoms with Gasteiger partial charge in [0, 0.05) is 39.1 Å². The summed E-state index contributed by atoms with van der Waals surface area (Å²) in [7, 11) is 3.65. The van der Waals surface area contributed by atoms with Crippen molar-refractivity contribution in [1.29, 1.82) is 0 Å². The minimum absolute atomic E-state index is 0.199. The summed E-state index contributed by atoms with van der Waals surface area (Å²) >= 11 is 0. The maximum Gasteiger partial charge on any atom is 0.335 e. The van der Waals surface area contributed by atoms with Crippen molar-refractivity contribution in [3.8, 4) is 5.69 Å². The SMILES string of the molecule is CC.CC1=C(O)C=CCC1O.CCN(C)CCOC1=Cc2c(n(C)c(=O)n(-c3ccc(CC(NC(C)=O)C(=O)OC(C)C)cc3)c2=O)CC=C1. The molecule has 12 heteroatoms. The molecule has 2 aliphatic rings. The molecule has 2 atom stereocenters. The molecule has 4 rings (SSSR count). The number of amides is 1. The zero-order chi connectivity index (χ0) is 37.5. The molecule has 12 nitrogen and oxygen atoms in total. The van der Waals surface area contributed by atoms with Crippen molar-refractivity contribution in [1.82, 2.24) is 19.4 Å². The average molecular weight is 695 g/mol. The Morgan fingerprint density at radius 2 is 1.76 bits per heavy atom. The van der Waals surface area contributed by atoms with Crippen molar-refractivity contribution < 1.29 is 29.3 Å². The van der Waals surface area contributed by atoms with Gasteiger partial charge in [-0.1, -0.05) is 45.1 Å². The number of benzene rings is 1. The number of carbonyl (C=O) groups is 2. The molecular weight excluding hydrogens is 640 g/mol. The van der Waals surface area contributed by atoms with E-state index in [1.807, 2.05) is 33.0 Å². The van der Waals surface area contributed by atoms with E-state index in [9.17, 15) is 19.2 Å². The number of carbonyl (C=O) groups excluding carboxylic acids is 2. The quantitative estimate of drug-likeness (QED) is 0.295. The number of rotatable bonds is 11. The summed E-state index contributed by atoms with van der Waals surface area (Å²) in [6.07, 6.45) is 9.21. The number of likely N-dealkylation sites (N-methyl/N-ethyl adjacent to an activating group) is 1. The molecule has 0 spiro atoms. The highest BCUT2D eigenvalue weighted by Crippen LogP contribution is 2.18. The van der Waals surface area contributed by atoms with Crippen molar-refractivity contribution >= 4 is 18.0 Å². The van der Waals surface area contributed by atoms with E-state index in [1.165, 1.54) is 11.5 Å². The Kier molecular flexibility index (Phi) is 16.7. The van der Waals surface area contributed by atoms with E-state index in [-0.39, 0.29) is 24.2 Å². The molecule has 2 aromatic rings. The van der Waals surface area contributed by atoms with Crippen LogP contribution in [0.4, 0.5) is 0 Å². The molecular formula is C38H54N4O8. The molecule has 0 fully saturated rings. The Bertz CT molecular complexity index is 1700. The fraction of sp³-hybridized carbons (Fsp3) is 0.474.